The van der Waals surface area contributed by atoms with Gasteiger partial charge in [-0.1, -0.05) is 12.1 Å². The number of aromatic nitrogens is 1. The van der Waals surface area contributed by atoms with Crippen LogP contribution in [0.5, 0.6) is 11.5 Å². The fourth-order valence-corrected chi connectivity index (χ4v) is 3.68. The summed E-state index contributed by atoms with van der Waals surface area (Å²) in [4.78, 5) is 16.5. The lowest BCUT2D eigenvalue weighted by molar-refractivity contribution is -0.137. The maximum atomic E-state index is 12.8. The summed E-state index contributed by atoms with van der Waals surface area (Å²) in [7, 11) is 3.13. The lowest BCUT2D eigenvalue weighted by atomic mass is 10.1. The van der Waals surface area contributed by atoms with Crippen LogP contribution in [0.2, 0.25) is 0 Å². The molecule has 0 aliphatic heterocycles. The fourth-order valence-electron chi connectivity index (χ4n) is 2.95. The summed E-state index contributed by atoms with van der Waals surface area (Å²) >= 11 is 1.22. The van der Waals surface area contributed by atoms with Crippen molar-refractivity contribution in [1.82, 2.24) is 10.3 Å². The van der Waals surface area contributed by atoms with Crippen LogP contribution in [0.4, 0.5) is 24.0 Å². The van der Waals surface area contributed by atoms with Crippen molar-refractivity contribution in [3.8, 4) is 11.5 Å². The van der Waals surface area contributed by atoms with E-state index in [0.717, 1.165) is 17.7 Å². The number of halogens is 3. The molecular weight excluding hydrogens is 443 g/mol. The minimum Gasteiger partial charge on any atom is -0.493 e. The number of ether oxygens (including phenoxy) is 2. The predicted molar refractivity (Wildman–Crippen MR) is 117 cm³/mol. The summed E-state index contributed by atoms with van der Waals surface area (Å²) in [5, 5.41) is 7.80. The number of carbonyl (C=O) groups is 1. The van der Waals surface area contributed by atoms with Gasteiger partial charge in [0.15, 0.2) is 16.6 Å². The SMILES string of the molecule is COc1ccc(CCNC(=O)Cc2csc(Nc3cccc(C(F)(F)F)c3)n2)cc1OC. The van der Waals surface area contributed by atoms with Crippen molar-refractivity contribution in [2.45, 2.75) is 19.0 Å². The van der Waals surface area contributed by atoms with Gasteiger partial charge in [-0.15, -0.1) is 11.3 Å². The Morgan fingerprint density at radius 3 is 2.59 bits per heavy atom. The first-order valence-corrected chi connectivity index (χ1v) is 10.5. The first-order valence-electron chi connectivity index (χ1n) is 9.65. The zero-order valence-corrected chi connectivity index (χ0v) is 18.3. The number of hydrogen-bond donors (Lipinski definition) is 2. The molecule has 1 amide bonds. The van der Waals surface area contributed by atoms with Crippen LogP contribution >= 0.6 is 11.3 Å². The summed E-state index contributed by atoms with van der Waals surface area (Å²) in [6.45, 7) is 0.438. The molecule has 0 bridgehead atoms. The van der Waals surface area contributed by atoms with Gasteiger partial charge in [0.1, 0.15) is 0 Å². The number of thiazole rings is 1. The number of nitrogens with one attached hydrogen (secondary N) is 2. The van der Waals surface area contributed by atoms with Crippen molar-refractivity contribution in [3.63, 3.8) is 0 Å². The highest BCUT2D eigenvalue weighted by atomic mass is 32.1. The summed E-state index contributed by atoms with van der Waals surface area (Å²) in [5.74, 6) is 1.07. The van der Waals surface area contributed by atoms with Crippen molar-refractivity contribution < 1.29 is 27.4 Å². The van der Waals surface area contributed by atoms with Crippen LogP contribution in [-0.2, 0) is 23.8 Å². The molecule has 0 radical (unpaired) electrons. The van der Waals surface area contributed by atoms with Crippen molar-refractivity contribution in [3.05, 3.63) is 64.7 Å². The second-order valence-corrected chi connectivity index (χ2v) is 7.67. The molecule has 1 heterocycles. The van der Waals surface area contributed by atoms with Gasteiger partial charge in [0.2, 0.25) is 5.91 Å². The monoisotopic (exact) mass is 465 g/mol. The van der Waals surface area contributed by atoms with E-state index in [9.17, 15) is 18.0 Å². The van der Waals surface area contributed by atoms with Gasteiger partial charge in [0, 0.05) is 17.6 Å². The molecule has 0 fully saturated rings. The highest BCUT2D eigenvalue weighted by Gasteiger charge is 2.30. The van der Waals surface area contributed by atoms with Crippen LogP contribution in [0.1, 0.15) is 16.8 Å². The van der Waals surface area contributed by atoms with E-state index in [0.29, 0.717) is 35.3 Å². The van der Waals surface area contributed by atoms with Gasteiger partial charge in [0.25, 0.3) is 0 Å². The van der Waals surface area contributed by atoms with Crippen molar-refractivity contribution in [2.24, 2.45) is 0 Å². The van der Waals surface area contributed by atoms with E-state index in [4.69, 9.17) is 9.47 Å². The molecule has 0 saturated carbocycles. The first kappa shape index (κ1) is 23.4. The Bertz CT molecular complexity index is 1070. The zero-order valence-electron chi connectivity index (χ0n) is 17.5. The molecule has 1 aromatic heterocycles. The lowest BCUT2D eigenvalue weighted by Crippen LogP contribution is -2.27. The van der Waals surface area contributed by atoms with Crippen LogP contribution in [0.15, 0.2) is 47.8 Å². The number of hydrogen-bond acceptors (Lipinski definition) is 6. The maximum absolute atomic E-state index is 12.8. The average molecular weight is 465 g/mol. The number of alkyl halides is 3. The zero-order chi connectivity index (χ0) is 23.1. The van der Waals surface area contributed by atoms with Gasteiger partial charge in [-0.2, -0.15) is 13.2 Å². The molecule has 2 aromatic carbocycles. The molecule has 0 aliphatic rings. The molecule has 3 aromatic rings. The van der Waals surface area contributed by atoms with E-state index in [-0.39, 0.29) is 18.0 Å². The smallest absolute Gasteiger partial charge is 0.416 e. The van der Waals surface area contributed by atoms with E-state index >= 15 is 0 Å². The Hall–Kier alpha value is -3.27. The van der Waals surface area contributed by atoms with Crippen molar-refractivity contribution in [2.75, 3.05) is 26.1 Å². The molecular formula is C22H22F3N3O3S. The number of anilines is 2. The average Bonchev–Trinajstić information content (AvgIpc) is 3.19. The molecule has 2 N–H and O–H groups in total. The molecule has 10 heteroatoms. The minimum absolute atomic E-state index is 0.0761. The Labute approximate surface area is 187 Å². The normalized spacial score (nSPS) is 11.2. The third kappa shape index (κ3) is 6.36. The molecule has 0 unspecified atom stereocenters. The van der Waals surface area contributed by atoms with E-state index in [1.54, 1.807) is 19.6 Å². The first-order chi connectivity index (χ1) is 15.3. The van der Waals surface area contributed by atoms with Gasteiger partial charge >= 0.3 is 6.18 Å². The molecule has 0 atom stereocenters. The summed E-state index contributed by atoms with van der Waals surface area (Å²) in [6, 6.07) is 10.4. The van der Waals surface area contributed by atoms with Gasteiger partial charge in [-0.05, 0) is 42.3 Å². The minimum atomic E-state index is -4.42. The quantitative estimate of drug-likeness (QED) is 0.474. The third-order valence-corrected chi connectivity index (χ3v) is 5.32. The molecule has 0 saturated heterocycles. The number of nitrogens with zero attached hydrogens (tertiary/aromatic N) is 1. The molecule has 0 aliphatic carbocycles. The molecule has 170 valence electrons. The van der Waals surface area contributed by atoms with Crippen LogP contribution < -0.4 is 20.1 Å². The van der Waals surface area contributed by atoms with Gasteiger partial charge in [-0.25, -0.2) is 4.98 Å². The van der Waals surface area contributed by atoms with E-state index in [1.807, 2.05) is 18.2 Å². The van der Waals surface area contributed by atoms with Crippen LogP contribution in [0, 0.1) is 0 Å². The molecule has 0 spiro atoms. The Morgan fingerprint density at radius 2 is 1.88 bits per heavy atom. The Morgan fingerprint density at radius 1 is 1.09 bits per heavy atom. The number of methoxy groups -OCH3 is 2. The van der Waals surface area contributed by atoms with Crippen molar-refractivity contribution >= 4 is 28.1 Å². The number of carbonyl (C=O) groups excluding carboxylic acids is 1. The number of rotatable bonds is 9. The molecule has 3 rings (SSSR count). The topological polar surface area (TPSA) is 72.5 Å². The molecule has 6 nitrogen and oxygen atoms in total. The van der Waals surface area contributed by atoms with Gasteiger partial charge in [-0.3, -0.25) is 4.79 Å². The lowest BCUT2D eigenvalue weighted by Gasteiger charge is -2.10. The second-order valence-electron chi connectivity index (χ2n) is 6.81. The van der Waals surface area contributed by atoms with Crippen molar-refractivity contribution in [1.29, 1.82) is 0 Å². The van der Waals surface area contributed by atoms with Crippen LogP contribution in [0.3, 0.4) is 0 Å². The Kier molecular flexibility index (Phi) is 7.57. The Balaban J connectivity index is 1.50. The maximum Gasteiger partial charge on any atom is 0.416 e. The number of amides is 1. The van der Waals surface area contributed by atoms with Crippen LogP contribution in [0.25, 0.3) is 0 Å². The summed E-state index contributed by atoms with van der Waals surface area (Å²) in [5.41, 5.74) is 1.06. The highest BCUT2D eigenvalue weighted by molar-refractivity contribution is 7.13. The van der Waals surface area contributed by atoms with Gasteiger partial charge in [0.05, 0.1) is 31.9 Å². The van der Waals surface area contributed by atoms with Crippen LogP contribution in [-0.4, -0.2) is 31.7 Å². The third-order valence-electron chi connectivity index (χ3n) is 4.52. The van der Waals surface area contributed by atoms with Gasteiger partial charge < -0.3 is 20.1 Å². The predicted octanol–water partition coefficient (Wildman–Crippen LogP) is 4.82. The van der Waals surface area contributed by atoms with E-state index in [1.165, 1.54) is 23.5 Å². The largest absolute Gasteiger partial charge is 0.493 e. The summed E-state index contributed by atoms with van der Waals surface area (Å²) in [6.07, 6.45) is -3.72. The van der Waals surface area contributed by atoms with E-state index in [2.05, 4.69) is 15.6 Å². The summed E-state index contributed by atoms with van der Waals surface area (Å²) < 4.78 is 49.0. The standard InChI is InChI=1S/C22H22F3N3O3S/c1-30-18-7-6-14(10-19(18)31-2)8-9-26-20(29)12-17-13-32-21(28-17)27-16-5-3-4-15(11-16)22(23,24)25/h3-7,10-11,13H,8-9,12H2,1-2H3,(H,26,29)(H,27,28). The second kappa shape index (κ2) is 10.4. The highest BCUT2D eigenvalue weighted by Crippen LogP contribution is 2.32. The number of benzene rings is 2. The van der Waals surface area contributed by atoms with E-state index < -0.39 is 11.7 Å². The molecule has 32 heavy (non-hydrogen) atoms. The fraction of sp³-hybridized carbons (Fsp3) is 0.273.